The highest BCUT2D eigenvalue weighted by atomic mass is 32.1. The van der Waals surface area contributed by atoms with Crippen LogP contribution in [0, 0.1) is 13.8 Å². The number of hydrogen-bond acceptors (Lipinski definition) is 7. The molecule has 0 N–H and O–H groups in total. The molecule has 0 unspecified atom stereocenters. The van der Waals surface area contributed by atoms with Gasteiger partial charge in [-0.05, 0) is 50.1 Å². The van der Waals surface area contributed by atoms with Gasteiger partial charge in [0.1, 0.15) is 16.4 Å². The van der Waals surface area contributed by atoms with Crippen molar-refractivity contribution >= 4 is 64.5 Å². The third-order valence-electron chi connectivity index (χ3n) is 5.02. The van der Waals surface area contributed by atoms with Gasteiger partial charge in [0.15, 0.2) is 0 Å². The lowest BCUT2D eigenvalue weighted by atomic mass is 10.2. The van der Waals surface area contributed by atoms with Crippen molar-refractivity contribution in [2.45, 2.75) is 33.1 Å². The van der Waals surface area contributed by atoms with E-state index in [1.807, 2.05) is 6.92 Å². The highest BCUT2D eigenvalue weighted by molar-refractivity contribution is 7.21. The van der Waals surface area contributed by atoms with Crippen molar-refractivity contribution in [1.29, 1.82) is 0 Å². The highest BCUT2D eigenvalue weighted by Crippen LogP contribution is 2.44. The molecule has 4 nitrogen and oxygen atoms in total. The minimum atomic E-state index is 0.699. The van der Waals surface area contributed by atoms with E-state index in [9.17, 15) is 0 Å². The Morgan fingerprint density at radius 1 is 1.07 bits per heavy atom. The number of hydrogen-bond donors (Lipinski definition) is 0. The van der Waals surface area contributed by atoms with Crippen LogP contribution in [0.5, 0.6) is 11.6 Å². The molecule has 0 saturated heterocycles. The van der Waals surface area contributed by atoms with Gasteiger partial charge in [0.05, 0.1) is 25.3 Å². The van der Waals surface area contributed by atoms with Gasteiger partial charge in [-0.3, -0.25) is 0 Å². The average Bonchev–Trinajstić information content (AvgIpc) is 3.35. The van der Waals surface area contributed by atoms with Gasteiger partial charge in [-0.2, -0.15) is 4.98 Å². The molecule has 1 aliphatic carbocycles. The van der Waals surface area contributed by atoms with Crippen molar-refractivity contribution in [3.05, 3.63) is 38.8 Å². The molecule has 0 radical (unpaired) electrons. The average molecular weight is 410 g/mol. The number of aromatic nitrogens is 3. The molecule has 27 heavy (non-hydrogen) atoms. The molecule has 0 aliphatic heterocycles. The predicted octanol–water partition coefficient (Wildman–Crippen LogP) is 6.41. The monoisotopic (exact) mass is 409 g/mol. The maximum atomic E-state index is 6.49. The van der Waals surface area contributed by atoms with Gasteiger partial charge in [-0.25, -0.2) is 9.97 Å². The van der Waals surface area contributed by atoms with E-state index in [4.69, 9.17) is 9.72 Å². The summed E-state index contributed by atoms with van der Waals surface area (Å²) in [5.41, 5.74) is 2.47. The maximum Gasteiger partial charge on any atom is 0.231 e. The fourth-order valence-corrected chi connectivity index (χ4v) is 7.04. The van der Waals surface area contributed by atoms with E-state index in [0.29, 0.717) is 5.88 Å². The third kappa shape index (κ3) is 2.35. The summed E-state index contributed by atoms with van der Waals surface area (Å²) in [4.78, 5) is 16.6. The molecule has 1 aliphatic rings. The number of thiazole rings is 1. The smallest absolute Gasteiger partial charge is 0.231 e. The number of rotatable bonds is 2. The summed E-state index contributed by atoms with van der Waals surface area (Å²) >= 11 is 5.22. The van der Waals surface area contributed by atoms with E-state index in [1.54, 1.807) is 34.0 Å². The van der Waals surface area contributed by atoms with Crippen LogP contribution in [0.1, 0.15) is 27.7 Å². The first-order chi connectivity index (χ1) is 13.2. The van der Waals surface area contributed by atoms with Crippen molar-refractivity contribution in [3.8, 4) is 11.6 Å². The zero-order valence-corrected chi connectivity index (χ0v) is 17.3. The van der Waals surface area contributed by atoms with Gasteiger partial charge in [-0.15, -0.1) is 34.0 Å². The summed E-state index contributed by atoms with van der Waals surface area (Å²) in [5.74, 6) is 2.32. The Kier molecular flexibility index (Phi) is 3.36. The first kappa shape index (κ1) is 15.9. The van der Waals surface area contributed by atoms with Crippen LogP contribution in [0.15, 0.2) is 17.5 Å². The summed E-state index contributed by atoms with van der Waals surface area (Å²) in [7, 11) is 0. The summed E-state index contributed by atoms with van der Waals surface area (Å²) in [5, 5.41) is 5.40. The highest BCUT2D eigenvalue weighted by Gasteiger charge is 2.23. The van der Waals surface area contributed by atoms with Crippen LogP contribution in [0.2, 0.25) is 0 Å². The van der Waals surface area contributed by atoms with Gasteiger partial charge in [0.25, 0.3) is 0 Å². The lowest BCUT2D eigenvalue weighted by Crippen LogP contribution is -1.95. The molecular weight excluding hydrogens is 394 g/mol. The summed E-state index contributed by atoms with van der Waals surface area (Å²) in [6, 6.07) is 4.23. The van der Waals surface area contributed by atoms with E-state index < -0.39 is 0 Å². The SMILES string of the molecule is Cc1nc(Oc2cc3sc(C)nc3c3sccc23)c2c3c(sc2n1)CCC3. The molecule has 1 aromatic carbocycles. The Morgan fingerprint density at radius 3 is 2.93 bits per heavy atom. The van der Waals surface area contributed by atoms with Gasteiger partial charge in [0.2, 0.25) is 5.88 Å². The van der Waals surface area contributed by atoms with E-state index >= 15 is 0 Å². The van der Waals surface area contributed by atoms with E-state index in [-0.39, 0.29) is 0 Å². The van der Waals surface area contributed by atoms with E-state index in [0.717, 1.165) is 55.2 Å². The fourth-order valence-electron chi connectivity index (χ4n) is 3.91. The number of benzene rings is 1. The zero-order chi connectivity index (χ0) is 18.1. The first-order valence-corrected chi connectivity index (χ1v) is 11.4. The van der Waals surface area contributed by atoms with E-state index in [1.165, 1.54) is 21.6 Å². The lowest BCUT2D eigenvalue weighted by molar-refractivity contribution is 0.472. The van der Waals surface area contributed by atoms with Crippen LogP contribution in [-0.4, -0.2) is 15.0 Å². The first-order valence-electron chi connectivity index (χ1n) is 8.91. The number of ether oxygens (including phenoxy) is 1. The second-order valence-electron chi connectivity index (χ2n) is 6.83. The van der Waals surface area contributed by atoms with E-state index in [2.05, 4.69) is 34.4 Å². The van der Waals surface area contributed by atoms with Crippen LogP contribution in [0.25, 0.3) is 30.5 Å². The molecule has 0 atom stereocenters. The zero-order valence-electron chi connectivity index (χ0n) is 14.8. The molecule has 0 saturated carbocycles. The Labute approximate surface area is 167 Å². The second-order valence-corrected chi connectivity index (χ2v) is 10.1. The van der Waals surface area contributed by atoms with Crippen molar-refractivity contribution in [2.75, 3.05) is 0 Å². The van der Waals surface area contributed by atoms with Crippen LogP contribution in [0.3, 0.4) is 0 Å². The van der Waals surface area contributed by atoms with Crippen molar-refractivity contribution in [3.63, 3.8) is 0 Å². The minimum absolute atomic E-state index is 0.699. The van der Waals surface area contributed by atoms with Gasteiger partial charge in [-0.1, -0.05) is 0 Å². The molecule has 0 spiro atoms. The molecule has 134 valence electrons. The Morgan fingerprint density at radius 2 is 2.00 bits per heavy atom. The van der Waals surface area contributed by atoms with Crippen LogP contribution < -0.4 is 4.74 Å². The largest absolute Gasteiger partial charge is 0.437 e. The van der Waals surface area contributed by atoms with Crippen LogP contribution in [0.4, 0.5) is 0 Å². The predicted molar refractivity (Wildman–Crippen MR) is 114 cm³/mol. The minimum Gasteiger partial charge on any atom is -0.437 e. The van der Waals surface area contributed by atoms with Crippen molar-refractivity contribution in [2.24, 2.45) is 0 Å². The molecule has 0 amide bonds. The molecular formula is C20H15N3OS3. The summed E-state index contributed by atoms with van der Waals surface area (Å²) in [6.45, 7) is 3.99. The number of aryl methyl sites for hydroxylation is 4. The molecule has 4 aromatic heterocycles. The lowest BCUT2D eigenvalue weighted by Gasteiger charge is -2.09. The molecule has 5 aromatic rings. The second kappa shape index (κ2) is 5.70. The molecule has 0 bridgehead atoms. The molecule has 6 rings (SSSR count). The molecule has 4 heterocycles. The maximum absolute atomic E-state index is 6.49. The normalized spacial score (nSPS) is 13.9. The van der Waals surface area contributed by atoms with Crippen molar-refractivity contribution in [1.82, 2.24) is 15.0 Å². The third-order valence-corrected chi connectivity index (χ3v) is 8.04. The van der Waals surface area contributed by atoms with Crippen LogP contribution >= 0.6 is 34.0 Å². The Hall–Kier alpha value is -2.09. The number of fused-ring (bicyclic) bond motifs is 6. The molecule has 0 fully saturated rings. The quantitative estimate of drug-likeness (QED) is 0.338. The topological polar surface area (TPSA) is 47.9 Å². The summed E-state index contributed by atoms with van der Waals surface area (Å²) < 4.78 is 8.83. The number of thiophene rings is 2. The Bertz CT molecular complexity index is 1360. The van der Waals surface area contributed by atoms with Crippen LogP contribution in [-0.2, 0) is 12.8 Å². The van der Waals surface area contributed by atoms with Gasteiger partial charge < -0.3 is 4.74 Å². The summed E-state index contributed by atoms with van der Waals surface area (Å²) in [6.07, 6.45) is 3.46. The standard InChI is InChI=1S/C20H15N3OS3/c1-9-21-19(16-12-4-3-5-14(12)27-20(16)22-9)24-13-8-15-17(23-10(2)26-15)18-11(13)6-7-25-18/h6-8H,3-5H2,1-2H3. The number of nitrogens with zero attached hydrogens (tertiary/aromatic N) is 3. The van der Waals surface area contributed by atoms with Crippen molar-refractivity contribution < 1.29 is 4.74 Å². The van der Waals surface area contributed by atoms with Gasteiger partial charge in [0, 0.05) is 16.3 Å². The fraction of sp³-hybridized carbons (Fsp3) is 0.250. The molecule has 7 heteroatoms. The van der Waals surface area contributed by atoms with Gasteiger partial charge >= 0.3 is 0 Å². The Balaban J connectivity index is 1.60.